The van der Waals surface area contributed by atoms with Gasteiger partial charge in [-0.15, -0.1) is 24.8 Å². The minimum Gasteiger partial charge on any atom is -0.347 e. The third kappa shape index (κ3) is 4.11. The number of piperidine rings is 1. The number of hydrogen-bond acceptors (Lipinski definition) is 6. The summed E-state index contributed by atoms with van der Waals surface area (Å²) in [5, 5.41) is 10.2. The SMILES string of the molecule is Cl.Cl.O=C(NCc1nc(-c2ccncc2)no1)C1CC12CCNCC2. The van der Waals surface area contributed by atoms with Crippen LogP contribution in [-0.2, 0) is 11.3 Å². The molecule has 25 heavy (non-hydrogen) atoms. The summed E-state index contributed by atoms with van der Waals surface area (Å²) >= 11 is 0. The fourth-order valence-electron chi connectivity index (χ4n) is 3.43. The Morgan fingerprint density at radius 2 is 2.00 bits per heavy atom. The van der Waals surface area contributed by atoms with Crippen molar-refractivity contribution in [2.24, 2.45) is 11.3 Å². The second-order valence-electron chi connectivity index (χ2n) is 6.33. The molecule has 1 unspecified atom stereocenters. The minimum absolute atomic E-state index is 0. The van der Waals surface area contributed by atoms with E-state index in [1.807, 2.05) is 12.1 Å². The Hall–Kier alpha value is -1.70. The van der Waals surface area contributed by atoms with Gasteiger partial charge in [-0.1, -0.05) is 5.16 Å². The Balaban J connectivity index is 0.00000113. The highest BCUT2D eigenvalue weighted by molar-refractivity contribution is 5.85. The molecule has 7 nitrogen and oxygen atoms in total. The number of pyridine rings is 1. The van der Waals surface area contributed by atoms with Crippen molar-refractivity contribution in [3.8, 4) is 11.4 Å². The van der Waals surface area contributed by atoms with E-state index in [0.29, 0.717) is 11.7 Å². The molecule has 2 aromatic heterocycles. The van der Waals surface area contributed by atoms with Crippen molar-refractivity contribution in [1.29, 1.82) is 0 Å². The predicted molar refractivity (Wildman–Crippen MR) is 96.5 cm³/mol. The highest BCUT2D eigenvalue weighted by Gasteiger charge is 2.57. The number of rotatable bonds is 4. The molecular formula is C16H21Cl2N5O2. The summed E-state index contributed by atoms with van der Waals surface area (Å²) in [7, 11) is 0. The Morgan fingerprint density at radius 1 is 1.28 bits per heavy atom. The minimum atomic E-state index is 0. The van der Waals surface area contributed by atoms with Gasteiger partial charge in [-0.25, -0.2) is 0 Å². The Bertz CT molecular complexity index is 704. The maximum atomic E-state index is 12.3. The van der Waals surface area contributed by atoms with Crippen LogP contribution in [0.5, 0.6) is 0 Å². The first-order valence-corrected chi connectivity index (χ1v) is 7.98. The average Bonchev–Trinajstić information content (AvgIpc) is 3.08. The van der Waals surface area contributed by atoms with Crippen LogP contribution < -0.4 is 10.6 Å². The van der Waals surface area contributed by atoms with E-state index >= 15 is 0 Å². The van der Waals surface area contributed by atoms with Crippen molar-refractivity contribution in [2.45, 2.75) is 25.8 Å². The van der Waals surface area contributed by atoms with E-state index in [9.17, 15) is 4.79 Å². The Labute approximate surface area is 158 Å². The maximum absolute atomic E-state index is 12.3. The van der Waals surface area contributed by atoms with Crippen molar-refractivity contribution >= 4 is 30.7 Å². The second-order valence-corrected chi connectivity index (χ2v) is 6.33. The molecule has 0 aromatic carbocycles. The third-order valence-corrected chi connectivity index (χ3v) is 4.93. The number of carbonyl (C=O) groups excluding carboxylic acids is 1. The standard InChI is InChI=1S/C16H19N5O2.2ClH/c22-15(12-9-16(12)3-7-18-8-4-16)19-10-13-20-14(21-23-13)11-1-5-17-6-2-11;;/h1-2,5-6,12,18H,3-4,7-10H2,(H,19,22);2*1H. The van der Waals surface area contributed by atoms with E-state index in [2.05, 4.69) is 25.8 Å². The van der Waals surface area contributed by atoms with Gasteiger partial charge in [0.1, 0.15) is 0 Å². The monoisotopic (exact) mass is 385 g/mol. The van der Waals surface area contributed by atoms with E-state index < -0.39 is 0 Å². The lowest BCUT2D eigenvalue weighted by atomic mass is 9.92. The summed E-state index contributed by atoms with van der Waals surface area (Å²) in [6, 6.07) is 3.64. The zero-order valence-corrected chi connectivity index (χ0v) is 15.2. The number of nitrogens with one attached hydrogen (secondary N) is 2. The molecule has 1 amide bonds. The lowest BCUT2D eigenvalue weighted by molar-refractivity contribution is -0.123. The number of aromatic nitrogens is 3. The number of nitrogens with zero attached hydrogens (tertiary/aromatic N) is 3. The van der Waals surface area contributed by atoms with Crippen LogP contribution in [0.2, 0.25) is 0 Å². The van der Waals surface area contributed by atoms with E-state index in [1.165, 1.54) is 0 Å². The predicted octanol–water partition coefficient (Wildman–Crippen LogP) is 1.98. The highest BCUT2D eigenvalue weighted by atomic mass is 35.5. The molecule has 4 rings (SSSR count). The van der Waals surface area contributed by atoms with Crippen LogP contribution >= 0.6 is 24.8 Å². The molecule has 136 valence electrons. The molecule has 2 aliphatic rings. The van der Waals surface area contributed by atoms with Crippen molar-refractivity contribution in [3.05, 3.63) is 30.4 Å². The summed E-state index contributed by atoms with van der Waals surface area (Å²) in [6.45, 7) is 2.31. The quantitative estimate of drug-likeness (QED) is 0.835. The summed E-state index contributed by atoms with van der Waals surface area (Å²) in [4.78, 5) is 20.6. The van der Waals surface area contributed by atoms with Gasteiger partial charge in [0.2, 0.25) is 17.6 Å². The summed E-state index contributed by atoms with van der Waals surface area (Å²) in [5.74, 6) is 1.19. The summed E-state index contributed by atoms with van der Waals surface area (Å²) in [6.07, 6.45) is 6.56. The zero-order chi connectivity index (χ0) is 15.7. The fourth-order valence-corrected chi connectivity index (χ4v) is 3.43. The summed E-state index contributed by atoms with van der Waals surface area (Å²) in [5.41, 5.74) is 1.09. The van der Waals surface area contributed by atoms with Gasteiger partial charge in [-0.2, -0.15) is 4.98 Å². The molecule has 3 heterocycles. The molecule has 9 heteroatoms. The first-order valence-electron chi connectivity index (χ1n) is 7.98. The van der Waals surface area contributed by atoms with Gasteiger partial charge in [-0.05, 0) is 49.9 Å². The lowest BCUT2D eigenvalue weighted by Gasteiger charge is -2.23. The molecule has 2 fully saturated rings. The van der Waals surface area contributed by atoms with Gasteiger partial charge in [0, 0.05) is 23.9 Å². The van der Waals surface area contributed by atoms with Crippen LogP contribution in [0.25, 0.3) is 11.4 Å². The molecule has 1 aliphatic heterocycles. The van der Waals surface area contributed by atoms with Crippen molar-refractivity contribution in [2.75, 3.05) is 13.1 Å². The molecular weight excluding hydrogens is 365 g/mol. The smallest absolute Gasteiger partial charge is 0.246 e. The maximum Gasteiger partial charge on any atom is 0.246 e. The lowest BCUT2D eigenvalue weighted by Crippen LogP contribution is -2.33. The van der Waals surface area contributed by atoms with Crippen LogP contribution in [0.1, 0.15) is 25.2 Å². The average molecular weight is 386 g/mol. The normalized spacial score (nSPS) is 20.2. The van der Waals surface area contributed by atoms with Gasteiger partial charge in [0.15, 0.2) is 0 Å². The molecule has 0 radical (unpaired) electrons. The van der Waals surface area contributed by atoms with Gasteiger partial charge in [0.05, 0.1) is 6.54 Å². The van der Waals surface area contributed by atoms with E-state index in [0.717, 1.165) is 37.9 Å². The molecule has 2 aromatic rings. The largest absolute Gasteiger partial charge is 0.347 e. The molecule has 1 aliphatic carbocycles. The van der Waals surface area contributed by atoms with Crippen LogP contribution in [-0.4, -0.2) is 34.1 Å². The van der Waals surface area contributed by atoms with Crippen molar-refractivity contribution < 1.29 is 9.32 Å². The van der Waals surface area contributed by atoms with Gasteiger partial charge in [0.25, 0.3) is 0 Å². The number of amides is 1. The molecule has 1 atom stereocenters. The van der Waals surface area contributed by atoms with Crippen LogP contribution in [0.3, 0.4) is 0 Å². The first kappa shape index (κ1) is 19.6. The van der Waals surface area contributed by atoms with E-state index in [-0.39, 0.29) is 48.6 Å². The van der Waals surface area contributed by atoms with Gasteiger partial charge in [-0.3, -0.25) is 9.78 Å². The Kier molecular flexibility index (Phi) is 6.37. The van der Waals surface area contributed by atoms with E-state index in [1.54, 1.807) is 12.4 Å². The Morgan fingerprint density at radius 3 is 2.72 bits per heavy atom. The topological polar surface area (TPSA) is 92.9 Å². The van der Waals surface area contributed by atoms with Gasteiger partial charge < -0.3 is 15.2 Å². The van der Waals surface area contributed by atoms with E-state index in [4.69, 9.17) is 4.52 Å². The third-order valence-electron chi connectivity index (χ3n) is 4.93. The van der Waals surface area contributed by atoms with Crippen LogP contribution in [0.4, 0.5) is 0 Å². The number of hydrogen-bond donors (Lipinski definition) is 2. The molecule has 0 bridgehead atoms. The second kappa shape index (κ2) is 8.12. The fraction of sp³-hybridized carbons (Fsp3) is 0.500. The number of carbonyl (C=O) groups is 1. The molecule has 2 N–H and O–H groups in total. The molecule has 1 saturated heterocycles. The zero-order valence-electron chi connectivity index (χ0n) is 13.6. The van der Waals surface area contributed by atoms with Crippen LogP contribution in [0.15, 0.2) is 29.0 Å². The summed E-state index contributed by atoms with van der Waals surface area (Å²) < 4.78 is 5.20. The van der Waals surface area contributed by atoms with Crippen molar-refractivity contribution in [3.63, 3.8) is 0 Å². The first-order chi connectivity index (χ1) is 11.3. The van der Waals surface area contributed by atoms with Gasteiger partial charge >= 0.3 is 0 Å². The molecule has 1 spiro atoms. The van der Waals surface area contributed by atoms with Crippen LogP contribution in [0, 0.1) is 11.3 Å². The highest BCUT2D eigenvalue weighted by Crippen LogP contribution is 2.58. The molecule has 1 saturated carbocycles. The van der Waals surface area contributed by atoms with Crippen molar-refractivity contribution in [1.82, 2.24) is 25.8 Å². The number of halogens is 2.